The number of nitrogens with one attached hydrogen (secondary N) is 1. The highest BCUT2D eigenvalue weighted by Gasteiger charge is 2.49. The van der Waals surface area contributed by atoms with E-state index in [1.165, 1.54) is 5.69 Å². The van der Waals surface area contributed by atoms with Crippen molar-refractivity contribution >= 4 is 28.2 Å². The number of nitrogens with zero attached hydrogens (tertiary/aromatic N) is 3. The largest absolute Gasteiger partial charge is 0.385 e. The molecule has 1 aliphatic heterocycles. The lowest BCUT2D eigenvalue weighted by molar-refractivity contribution is 0.0381. The van der Waals surface area contributed by atoms with E-state index in [0.717, 1.165) is 42.4 Å². The third-order valence-corrected chi connectivity index (χ3v) is 6.05. The molecular weight excluding hydrogens is 336 g/mol. The first-order chi connectivity index (χ1) is 12.1. The monoisotopic (exact) mass is 354 g/mol. The minimum Gasteiger partial charge on any atom is -0.385 e. The number of aliphatic hydroxyl groups is 1. The third-order valence-electron chi connectivity index (χ3n) is 5.83. The number of benzene rings is 1. The first kappa shape index (κ1) is 15.2. The number of H-pyrrole nitrogens is 1. The van der Waals surface area contributed by atoms with Crippen molar-refractivity contribution in [3.05, 3.63) is 53.4 Å². The molecule has 2 fully saturated rings. The van der Waals surface area contributed by atoms with E-state index in [0.29, 0.717) is 16.9 Å². The molecule has 6 heteroatoms. The second-order valence-electron chi connectivity index (χ2n) is 7.35. The maximum atomic E-state index is 11.4. The minimum absolute atomic E-state index is 0.485. The van der Waals surface area contributed by atoms with Gasteiger partial charge < -0.3 is 10.0 Å². The molecule has 0 radical (unpaired) electrons. The first-order valence-electron chi connectivity index (χ1n) is 8.63. The summed E-state index contributed by atoms with van der Waals surface area (Å²) in [6, 6.07) is 7.87. The van der Waals surface area contributed by atoms with Crippen molar-refractivity contribution in [3.8, 4) is 0 Å². The normalized spacial score (nSPS) is 28.6. The Morgan fingerprint density at radius 3 is 2.60 bits per heavy atom. The number of hydrogen-bond acceptors (Lipinski definition) is 4. The average molecular weight is 355 g/mol. The van der Waals surface area contributed by atoms with Crippen molar-refractivity contribution in [2.24, 2.45) is 11.8 Å². The molecule has 0 amide bonds. The molecule has 3 aromatic rings. The van der Waals surface area contributed by atoms with Gasteiger partial charge in [-0.05, 0) is 54.5 Å². The van der Waals surface area contributed by atoms with Crippen molar-refractivity contribution in [2.75, 3.05) is 18.0 Å². The zero-order valence-electron chi connectivity index (χ0n) is 13.7. The standard InChI is InChI=1S/C19H19ClN4O/c20-14-5-17(16-9-22-23-18(16)6-14)19(25)7-12-10-24(11-13(12)8-19)15-1-3-21-4-2-15/h1-6,9,12-13,25H,7-8,10-11H2,(H,22,23)/t12-,13?,19?/m1/s1. The molecule has 2 aromatic heterocycles. The van der Waals surface area contributed by atoms with Gasteiger partial charge in [-0.15, -0.1) is 0 Å². The Bertz CT molecular complexity index is 912. The van der Waals surface area contributed by atoms with Crippen molar-refractivity contribution in [1.82, 2.24) is 15.2 Å². The van der Waals surface area contributed by atoms with E-state index in [1.807, 2.05) is 24.5 Å². The first-order valence-corrected chi connectivity index (χ1v) is 9.01. The molecule has 1 saturated heterocycles. The minimum atomic E-state index is -0.827. The maximum Gasteiger partial charge on any atom is 0.0911 e. The van der Waals surface area contributed by atoms with Crippen molar-refractivity contribution in [1.29, 1.82) is 0 Å². The lowest BCUT2D eigenvalue weighted by Gasteiger charge is -2.28. The Balaban J connectivity index is 1.44. The lowest BCUT2D eigenvalue weighted by atomic mass is 9.88. The van der Waals surface area contributed by atoms with Crippen LogP contribution < -0.4 is 4.90 Å². The fraction of sp³-hybridized carbons (Fsp3) is 0.368. The molecule has 5 rings (SSSR count). The van der Waals surface area contributed by atoms with Crippen LogP contribution in [0.2, 0.25) is 5.02 Å². The van der Waals surface area contributed by atoms with E-state index in [9.17, 15) is 5.11 Å². The summed E-state index contributed by atoms with van der Waals surface area (Å²) in [6.45, 7) is 1.96. The molecule has 3 heterocycles. The van der Waals surface area contributed by atoms with Crippen molar-refractivity contribution in [2.45, 2.75) is 18.4 Å². The number of rotatable bonds is 2. The Kier molecular flexibility index (Phi) is 3.30. The number of halogens is 1. The van der Waals surface area contributed by atoms with E-state index in [1.54, 1.807) is 6.20 Å². The summed E-state index contributed by atoms with van der Waals surface area (Å²) < 4.78 is 0. The smallest absolute Gasteiger partial charge is 0.0911 e. The second kappa shape index (κ2) is 5.44. The van der Waals surface area contributed by atoms with Gasteiger partial charge in [-0.2, -0.15) is 5.10 Å². The summed E-state index contributed by atoms with van der Waals surface area (Å²) in [6.07, 6.45) is 6.98. The molecule has 1 aliphatic carbocycles. The number of hydrogen-bond donors (Lipinski definition) is 2. The van der Waals surface area contributed by atoms with Crippen LogP contribution in [0.15, 0.2) is 42.9 Å². The number of pyridine rings is 1. The summed E-state index contributed by atoms with van der Waals surface area (Å²) in [5.74, 6) is 0.971. The van der Waals surface area contributed by atoms with Crippen molar-refractivity contribution < 1.29 is 5.11 Å². The Labute approximate surface area is 150 Å². The summed E-state index contributed by atoms with van der Waals surface area (Å²) >= 11 is 6.27. The summed E-state index contributed by atoms with van der Waals surface area (Å²) in [5, 5.41) is 20.1. The van der Waals surface area contributed by atoms with Crippen LogP contribution >= 0.6 is 11.6 Å². The molecule has 2 unspecified atom stereocenters. The summed E-state index contributed by atoms with van der Waals surface area (Å²) in [5.41, 5.74) is 2.18. The number of aromatic nitrogens is 3. The maximum absolute atomic E-state index is 11.4. The SMILES string of the molecule is OC1(c2cc(Cl)cc3[nH]ncc23)CC2CN(c3ccncc3)C[C@H]2C1. The summed E-state index contributed by atoms with van der Waals surface area (Å²) in [7, 11) is 0. The van der Waals surface area contributed by atoms with Gasteiger partial charge in [-0.3, -0.25) is 10.1 Å². The highest BCUT2D eigenvalue weighted by atomic mass is 35.5. The topological polar surface area (TPSA) is 65.0 Å². The van der Waals surface area contributed by atoms with Gasteiger partial charge in [0.2, 0.25) is 0 Å². The molecule has 2 N–H and O–H groups in total. The van der Waals surface area contributed by atoms with E-state index >= 15 is 0 Å². The predicted octanol–water partition coefficient (Wildman–Crippen LogP) is 3.35. The molecule has 2 aliphatic rings. The molecular formula is C19H19ClN4O. The van der Waals surface area contributed by atoms with Crippen LogP contribution in [0.25, 0.3) is 10.9 Å². The lowest BCUT2D eigenvalue weighted by Crippen LogP contribution is -2.28. The van der Waals surface area contributed by atoms with E-state index in [2.05, 4.69) is 32.2 Å². The van der Waals surface area contributed by atoms with Gasteiger partial charge in [0.15, 0.2) is 0 Å². The molecule has 128 valence electrons. The van der Waals surface area contributed by atoms with Gasteiger partial charge in [-0.25, -0.2) is 0 Å². The highest BCUT2D eigenvalue weighted by Crippen LogP contribution is 2.51. The fourth-order valence-corrected chi connectivity index (χ4v) is 4.96. The zero-order valence-corrected chi connectivity index (χ0v) is 14.4. The van der Waals surface area contributed by atoms with Gasteiger partial charge in [0.05, 0.1) is 17.3 Å². The number of aromatic amines is 1. The molecule has 0 bridgehead atoms. The quantitative estimate of drug-likeness (QED) is 0.740. The molecule has 5 nitrogen and oxygen atoms in total. The van der Waals surface area contributed by atoms with Crippen LogP contribution in [0.1, 0.15) is 18.4 Å². The Morgan fingerprint density at radius 2 is 1.88 bits per heavy atom. The van der Waals surface area contributed by atoms with Crippen LogP contribution in [0, 0.1) is 11.8 Å². The van der Waals surface area contributed by atoms with Crippen LogP contribution in [-0.2, 0) is 5.60 Å². The van der Waals surface area contributed by atoms with Crippen LogP contribution in [0.4, 0.5) is 5.69 Å². The zero-order chi connectivity index (χ0) is 17.0. The van der Waals surface area contributed by atoms with Gasteiger partial charge in [0.1, 0.15) is 0 Å². The van der Waals surface area contributed by atoms with Gasteiger partial charge in [0, 0.05) is 41.6 Å². The van der Waals surface area contributed by atoms with Crippen LogP contribution in [0.3, 0.4) is 0 Å². The van der Waals surface area contributed by atoms with Crippen LogP contribution in [0.5, 0.6) is 0 Å². The molecule has 1 saturated carbocycles. The Morgan fingerprint density at radius 1 is 1.16 bits per heavy atom. The summed E-state index contributed by atoms with van der Waals surface area (Å²) in [4.78, 5) is 6.50. The third kappa shape index (κ3) is 2.41. The number of anilines is 1. The average Bonchev–Trinajstić information content (AvgIpc) is 3.28. The highest BCUT2D eigenvalue weighted by molar-refractivity contribution is 6.31. The number of fused-ring (bicyclic) bond motifs is 2. The second-order valence-corrected chi connectivity index (χ2v) is 7.79. The fourth-order valence-electron chi connectivity index (χ4n) is 4.74. The molecule has 1 aromatic carbocycles. The van der Waals surface area contributed by atoms with E-state index < -0.39 is 5.60 Å². The van der Waals surface area contributed by atoms with E-state index in [4.69, 9.17) is 11.6 Å². The molecule has 3 atom stereocenters. The van der Waals surface area contributed by atoms with Gasteiger partial charge >= 0.3 is 0 Å². The predicted molar refractivity (Wildman–Crippen MR) is 97.7 cm³/mol. The van der Waals surface area contributed by atoms with E-state index in [-0.39, 0.29) is 0 Å². The van der Waals surface area contributed by atoms with Gasteiger partial charge in [0.25, 0.3) is 0 Å². The van der Waals surface area contributed by atoms with Crippen molar-refractivity contribution in [3.63, 3.8) is 0 Å². The Hall–Kier alpha value is -2.11. The molecule has 0 spiro atoms. The molecule has 25 heavy (non-hydrogen) atoms. The van der Waals surface area contributed by atoms with Gasteiger partial charge in [-0.1, -0.05) is 11.6 Å². The van der Waals surface area contributed by atoms with Crippen LogP contribution in [-0.4, -0.2) is 33.4 Å².